The second kappa shape index (κ2) is 8.19. The lowest BCUT2D eigenvalue weighted by atomic mass is 10.2. The molecule has 1 aromatic carbocycles. The van der Waals surface area contributed by atoms with Crippen molar-refractivity contribution in [2.45, 2.75) is 44.5 Å². The number of ketones is 1. The highest BCUT2D eigenvalue weighted by atomic mass is 32.2. The molecular formula is C21H22N2O3S2. The molecule has 4 rings (SSSR count). The van der Waals surface area contributed by atoms with E-state index in [0.29, 0.717) is 22.6 Å². The van der Waals surface area contributed by atoms with E-state index in [-0.39, 0.29) is 23.2 Å². The van der Waals surface area contributed by atoms with Crippen LogP contribution in [0, 0.1) is 13.8 Å². The van der Waals surface area contributed by atoms with Gasteiger partial charge in [-0.15, -0.1) is 11.3 Å². The van der Waals surface area contributed by atoms with Gasteiger partial charge in [-0.05, 0) is 44.9 Å². The molecule has 2 aromatic heterocycles. The normalized spacial score (nSPS) is 16.7. The summed E-state index contributed by atoms with van der Waals surface area (Å²) in [6.07, 6.45) is 1.98. The Labute approximate surface area is 171 Å². The molecular weight excluding hydrogens is 392 g/mol. The van der Waals surface area contributed by atoms with Crippen molar-refractivity contribution in [2.75, 3.05) is 12.4 Å². The molecule has 1 aliphatic heterocycles. The lowest BCUT2D eigenvalue weighted by molar-refractivity contribution is 0.0937. The highest BCUT2D eigenvalue weighted by Crippen LogP contribution is 2.25. The molecule has 5 nitrogen and oxygen atoms in total. The summed E-state index contributed by atoms with van der Waals surface area (Å²) in [5.41, 5.74) is 1.36. The number of nitrogens with zero attached hydrogens (tertiary/aromatic N) is 2. The van der Waals surface area contributed by atoms with Crippen molar-refractivity contribution in [1.29, 1.82) is 0 Å². The van der Waals surface area contributed by atoms with Gasteiger partial charge in [0.05, 0.1) is 29.3 Å². The van der Waals surface area contributed by atoms with Crippen LogP contribution in [0.3, 0.4) is 0 Å². The second-order valence-corrected chi connectivity index (χ2v) is 9.40. The fraction of sp³-hybridized carbons (Fsp3) is 0.381. The van der Waals surface area contributed by atoms with E-state index in [1.54, 1.807) is 22.0 Å². The van der Waals surface area contributed by atoms with Crippen molar-refractivity contribution in [1.82, 2.24) is 9.55 Å². The van der Waals surface area contributed by atoms with Crippen LogP contribution in [0.5, 0.6) is 0 Å². The van der Waals surface area contributed by atoms with Crippen LogP contribution in [0.4, 0.5) is 0 Å². The number of hydrogen-bond donors (Lipinski definition) is 0. The molecule has 0 unspecified atom stereocenters. The van der Waals surface area contributed by atoms with E-state index in [1.807, 2.05) is 38.1 Å². The van der Waals surface area contributed by atoms with Gasteiger partial charge in [-0.2, -0.15) is 0 Å². The van der Waals surface area contributed by atoms with Gasteiger partial charge in [-0.3, -0.25) is 14.2 Å². The lowest BCUT2D eigenvalue weighted by Crippen LogP contribution is -2.29. The summed E-state index contributed by atoms with van der Waals surface area (Å²) in [5.74, 6) is 0.325. The molecule has 0 radical (unpaired) electrons. The average Bonchev–Trinajstić information content (AvgIpc) is 3.31. The van der Waals surface area contributed by atoms with Gasteiger partial charge in [0.25, 0.3) is 5.56 Å². The number of aryl methyl sites for hydroxylation is 2. The fourth-order valence-corrected chi connectivity index (χ4v) is 5.36. The fourth-order valence-electron chi connectivity index (χ4n) is 3.53. The predicted octanol–water partition coefficient (Wildman–Crippen LogP) is 4.23. The first kappa shape index (κ1) is 19.4. The highest BCUT2D eigenvalue weighted by Gasteiger charge is 2.21. The number of rotatable bonds is 6. The third-order valence-corrected chi connectivity index (χ3v) is 6.85. The van der Waals surface area contributed by atoms with Crippen LogP contribution < -0.4 is 5.56 Å². The van der Waals surface area contributed by atoms with Crippen LogP contribution in [-0.4, -0.2) is 33.8 Å². The summed E-state index contributed by atoms with van der Waals surface area (Å²) in [6.45, 7) is 5.19. The number of thiophene rings is 1. The van der Waals surface area contributed by atoms with Crippen molar-refractivity contribution in [3.8, 4) is 0 Å². The first-order valence-corrected chi connectivity index (χ1v) is 11.2. The zero-order valence-electron chi connectivity index (χ0n) is 15.9. The number of aromatic nitrogens is 2. The summed E-state index contributed by atoms with van der Waals surface area (Å²) < 4.78 is 7.41. The summed E-state index contributed by atoms with van der Waals surface area (Å²) >= 11 is 2.96. The Bertz CT molecular complexity index is 1080. The van der Waals surface area contributed by atoms with E-state index in [0.717, 1.165) is 34.8 Å². The van der Waals surface area contributed by atoms with Crippen LogP contribution in [-0.2, 0) is 11.3 Å². The van der Waals surface area contributed by atoms with Crippen LogP contribution >= 0.6 is 23.1 Å². The van der Waals surface area contributed by atoms with E-state index >= 15 is 0 Å². The Hall–Kier alpha value is -1.96. The molecule has 1 atom stereocenters. The number of thioether (sulfide) groups is 1. The van der Waals surface area contributed by atoms with Gasteiger partial charge in [0.2, 0.25) is 0 Å². The Balaban J connectivity index is 1.65. The van der Waals surface area contributed by atoms with Gasteiger partial charge in [0.15, 0.2) is 10.9 Å². The summed E-state index contributed by atoms with van der Waals surface area (Å²) in [7, 11) is 0. The maximum Gasteiger partial charge on any atom is 0.262 e. The second-order valence-electron chi connectivity index (χ2n) is 7.00. The van der Waals surface area contributed by atoms with Gasteiger partial charge in [0, 0.05) is 21.9 Å². The Kier molecular flexibility index (Phi) is 5.66. The van der Waals surface area contributed by atoms with Crippen LogP contribution in [0.25, 0.3) is 10.9 Å². The molecule has 0 N–H and O–H groups in total. The third kappa shape index (κ3) is 3.92. The topological polar surface area (TPSA) is 61.2 Å². The van der Waals surface area contributed by atoms with Crippen molar-refractivity contribution < 1.29 is 9.53 Å². The molecule has 0 saturated carbocycles. The summed E-state index contributed by atoms with van der Waals surface area (Å²) in [6, 6.07) is 9.30. The zero-order chi connectivity index (χ0) is 19.7. The number of para-hydroxylation sites is 1. The van der Waals surface area contributed by atoms with Crippen LogP contribution in [0.1, 0.15) is 33.0 Å². The smallest absolute Gasteiger partial charge is 0.262 e. The SMILES string of the molecule is Cc1cc(C(=O)CSc2nc3ccccc3c(=O)n2C[C@@H]2CCCO2)c(C)s1. The minimum Gasteiger partial charge on any atom is -0.376 e. The quantitative estimate of drug-likeness (QED) is 0.343. The van der Waals surface area contributed by atoms with Gasteiger partial charge >= 0.3 is 0 Å². The Morgan fingerprint density at radius 3 is 2.89 bits per heavy atom. The number of ether oxygens (including phenoxy) is 1. The third-order valence-electron chi connectivity index (χ3n) is 4.91. The number of fused-ring (bicyclic) bond motifs is 1. The van der Waals surface area contributed by atoms with Crippen molar-refractivity contribution >= 4 is 39.8 Å². The number of Topliss-reactive ketones (excluding diaryl/α,β-unsaturated/α-hetero) is 1. The van der Waals surface area contributed by atoms with E-state index in [4.69, 9.17) is 9.72 Å². The first-order chi connectivity index (χ1) is 13.5. The van der Waals surface area contributed by atoms with Crippen molar-refractivity contribution in [2.24, 2.45) is 0 Å². The van der Waals surface area contributed by atoms with Gasteiger partial charge in [-0.25, -0.2) is 4.98 Å². The minimum atomic E-state index is -0.0707. The predicted molar refractivity (Wildman–Crippen MR) is 114 cm³/mol. The van der Waals surface area contributed by atoms with Gasteiger partial charge in [-0.1, -0.05) is 23.9 Å². The van der Waals surface area contributed by atoms with E-state index < -0.39 is 0 Å². The zero-order valence-corrected chi connectivity index (χ0v) is 17.6. The molecule has 0 bridgehead atoms. The number of carbonyl (C=O) groups excluding carboxylic acids is 1. The minimum absolute atomic E-state index is 0.0254. The lowest BCUT2D eigenvalue weighted by Gasteiger charge is -2.16. The molecule has 1 fully saturated rings. The molecule has 3 heterocycles. The Morgan fingerprint density at radius 2 is 2.18 bits per heavy atom. The number of hydrogen-bond acceptors (Lipinski definition) is 6. The van der Waals surface area contributed by atoms with Crippen LogP contribution in [0.2, 0.25) is 0 Å². The molecule has 1 aliphatic rings. The van der Waals surface area contributed by atoms with E-state index in [2.05, 4.69) is 0 Å². The highest BCUT2D eigenvalue weighted by molar-refractivity contribution is 7.99. The monoisotopic (exact) mass is 414 g/mol. The van der Waals surface area contributed by atoms with Crippen molar-refractivity contribution in [3.05, 3.63) is 56.0 Å². The maximum absolute atomic E-state index is 13.1. The molecule has 28 heavy (non-hydrogen) atoms. The molecule has 7 heteroatoms. The van der Waals surface area contributed by atoms with Crippen molar-refractivity contribution in [3.63, 3.8) is 0 Å². The molecule has 146 valence electrons. The summed E-state index contributed by atoms with van der Waals surface area (Å²) in [5, 5.41) is 1.18. The van der Waals surface area contributed by atoms with Gasteiger partial charge < -0.3 is 4.74 Å². The van der Waals surface area contributed by atoms with Crippen LogP contribution in [0.15, 0.2) is 40.3 Å². The van der Waals surface area contributed by atoms with E-state index in [1.165, 1.54) is 11.8 Å². The average molecular weight is 415 g/mol. The first-order valence-electron chi connectivity index (χ1n) is 9.37. The molecule has 3 aromatic rings. The molecule has 1 saturated heterocycles. The number of carbonyl (C=O) groups is 1. The van der Waals surface area contributed by atoms with Gasteiger partial charge in [0.1, 0.15) is 0 Å². The maximum atomic E-state index is 13.1. The largest absolute Gasteiger partial charge is 0.376 e. The van der Waals surface area contributed by atoms with E-state index in [9.17, 15) is 9.59 Å². The number of benzene rings is 1. The molecule has 0 aliphatic carbocycles. The molecule has 0 spiro atoms. The summed E-state index contributed by atoms with van der Waals surface area (Å²) in [4.78, 5) is 32.6. The standard InChI is InChI=1S/C21H22N2O3S2/c1-13-10-17(14(2)28-13)19(24)12-27-21-22-18-8-4-3-7-16(18)20(25)23(21)11-15-6-5-9-26-15/h3-4,7-8,10,15H,5-6,9,11-12H2,1-2H3/t15-/m0/s1. The molecule has 0 amide bonds. The Morgan fingerprint density at radius 1 is 1.36 bits per heavy atom.